The Hall–Kier alpha value is -2.22. The molecule has 0 aliphatic carbocycles. The molecule has 0 radical (unpaired) electrons. The predicted octanol–water partition coefficient (Wildman–Crippen LogP) is 1.86. The molecule has 0 saturated carbocycles. The lowest BCUT2D eigenvalue weighted by molar-refractivity contribution is 0.391. The highest BCUT2D eigenvalue weighted by Crippen LogP contribution is 2.23. The zero-order chi connectivity index (χ0) is 13.9. The van der Waals surface area contributed by atoms with Gasteiger partial charge in [0.15, 0.2) is 0 Å². The van der Waals surface area contributed by atoms with Gasteiger partial charge in [-0.2, -0.15) is 4.98 Å². The molecule has 3 rings (SSSR count). The van der Waals surface area contributed by atoms with Gasteiger partial charge < -0.3 is 4.52 Å². The second kappa shape index (κ2) is 5.41. The highest BCUT2D eigenvalue weighted by atomic mass is 32.2. The molecule has 2 heterocycles. The monoisotopic (exact) mass is 288 g/mol. The van der Waals surface area contributed by atoms with Crippen LogP contribution in [0.1, 0.15) is 11.5 Å². The molecule has 0 amide bonds. The van der Waals surface area contributed by atoms with Crippen LogP contribution in [-0.4, -0.2) is 30.3 Å². The van der Waals surface area contributed by atoms with Crippen LogP contribution >= 0.6 is 11.8 Å². The summed E-state index contributed by atoms with van der Waals surface area (Å²) in [5.74, 6) is 1.69. The van der Waals surface area contributed by atoms with E-state index in [9.17, 15) is 0 Å². The van der Waals surface area contributed by atoms with E-state index in [1.807, 2.05) is 31.2 Å². The van der Waals surface area contributed by atoms with E-state index < -0.39 is 0 Å². The standard InChI is InChI=1S/C12H12N6OS/c1-8-5-3-4-6-9(8)11-13-10(19-15-11)7-20-12-14-16-17-18(12)2/h3-6H,7H2,1-2H3. The largest absolute Gasteiger partial charge is 0.338 e. The molecule has 0 saturated heterocycles. The Kier molecular flexibility index (Phi) is 3.46. The summed E-state index contributed by atoms with van der Waals surface area (Å²) in [4.78, 5) is 4.39. The summed E-state index contributed by atoms with van der Waals surface area (Å²) in [7, 11) is 1.79. The first kappa shape index (κ1) is 12.8. The average molecular weight is 288 g/mol. The van der Waals surface area contributed by atoms with Gasteiger partial charge in [0.25, 0.3) is 0 Å². The Morgan fingerprint density at radius 1 is 1.30 bits per heavy atom. The SMILES string of the molecule is Cc1ccccc1-c1noc(CSc2nnnn2C)n1. The van der Waals surface area contributed by atoms with E-state index in [1.165, 1.54) is 11.8 Å². The molecule has 0 unspecified atom stereocenters. The van der Waals surface area contributed by atoms with Crippen molar-refractivity contribution in [3.63, 3.8) is 0 Å². The average Bonchev–Trinajstić information content (AvgIpc) is 3.06. The summed E-state index contributed by atoms with van der Waals surface area (Å²) in [5, 5.41) is 15.9. The second-order valence-corrected chi connectivity index (χ2v) is 5.14. The van der Waals surface area contributed by atoms with Crippen LogP contribution in [-0.2, 0) is 12.8 Å². The normalized spacial score (nSPS) is 10.9. The number of benzene rings is 1. The molecular formula is C12H12N6OS. The van der Waals surface area contributed by atoms with Crippen molar-refractivity contribution < 1.29 is 4.52 Å². The van der Waals surface area contributed by atoms with Gasteiger partial charge in [-0.1, -0.05) is 41.2 Å². The van der Waals surface area contributed by atoms with E-state index in [1.54, 1.807) is 11.7 Å². The van der Waals surface area contributed by atoms with Crippen molar-refractivity contribution in [3.8, 4) is 11.4 Å². The smallest absolute Gasteiger partial charge is 0.237 e. The first-order valence-corrected chi connectivity index (χ1v) is 6.96. The van der Waals surface area contributed by atoms with E-state index in [0.29, 0.717) is 22.6 Å². The third-order valence-electron chi connectivity index (χ3n) is 2.76. The van der Waals surface area contributed by atoms with Crippen molar-refractivity contribution in [1.82, 2.24) is 30.3 Å². The molecule has 0 atom stereocenters. The quantitative estimate of drug-likeness (QED) is 0.677. The zero-order valence-electron chi connectivity index (χ0n) is 11.0. The fourth-order valence-electron chi connectivity index (χ4n) is 1.72. The number of hydrogen-bond donors (Lipinski definition) is 0. The van der Waals surface area contributed by atoms with Gasteiger partial charge in [0.05, 0.1) is 5.75 Å². The van der Waals surface area contributed by atoms with Crippen molar-refractivity contribution in [2.45, 2.75) is 17.8 Å². The molecular weight excluding hydrogens is 276 g/mol. The number of aryl methyl sites for hydroxylation is 2. The number of aromatic nitrogens is 6. The molecule has 0 spiro atoms. The lowest BCUT2D eigenvalue weighted by Gasteiger charge is -1.98. The Morgan fingerprint density at radius 3 is 2.90 bits per heavy atom. The topological polar surface area (TPSA) is 82.5 Å². The van der Waals surface area contributed by atoms with E-state index >= 15 is 0 Å². The molecule has 0 N–H and O–H groups in total. The van der Waals surface area contributed by atoms with Crippen LogP contribution in [0.2, 0.25) is 0 Å². The summed E-state index contributed by atoms with van der Waals surface area (Å²) in [6.45, 7) is 2.02. The maximum Gasteiger partial charge on any atom is 0.237 e. The van der Waals surface area contributed by atoms with Crippen molar-refractivity contribution in [2.75, 3.05) is 0 Å². The van der Waals surface area contributed by atoms with Crippen LogP contribution in [0.15, 0.2) is 33.9 Å². The first-order valence-electron chi connectivity index (χ1n) is 5.98. The van der Waals surface area contributed by atoms with Gasteiger partial charge in [0.1, 0.15) is 0 Å². The lowest BCUT2D eigenvalue weighted by atomic mass is 10.1. The summed E-state index contributed by atoms with van der Waals surface area (Å²) in [6, 6.07) is 7.93. The van der Waals surface area contributed by atoms with Crippen LogP contribution in [0.3, 0.4) is 0 Å². The van der Waals surface area contributed by atoms with Gasteiger partial charge in [-0.05, 0) is 22.9 Å². The Labute approximate surface area is 119 Å². The van der Waals surface area contributed by atoms with Crippen molar-refractivity contribution >= 4 is 11.8 Å². The van der Waals surface area contributed by atoms with E-state index in [4.69, 9.17) is 4.52 Å². The molecule has 2 aromatic heterocycles. The first-order chi connectivity index (χ1) is 9.74. The number of hydrogen-bond acceptors (Lipinski definition) is 7. The summed E-state index contributed by atoms with van der Waals surface area (Å²) >= 11 is 1.45. The van der Waals surface area contributed by atoms with Crippen molar-refractivity contribution in [3.05, 3.63) is 35.7 Å². The van der Waals surface area contributed by atoms with Gasteiger partial charge in [-0.25, -0.2) is 4.68 Å². The summed E-state index contributed by atoms with van der Waals surface area (Å²) in [5.41, 5.74) is 2.10. The minimum Gasteiger partial charge on any atom is -0.338 e. The maximum absolute atomic E-state index is 5.25. The maximum atomic E-state index is 5.25. The number of nitrogens with zero attached hydrogens (tertiary/aromatic N) is 6. The zero-order valence-corrected chi connectivity index (χ0v) is 11.8. The van der Waals surface area contributed by atoms with Crippen LogP contribution in [0, 0.1) is 6.92 Å². The molecule has 0 fully saturated rings. The van der Waals surface area contributed by atoms with Crippen molar-refractivity contribution in [1.29, 1.82) is 0 Å². The molecule has 0 aliphatic rings. The number of tetrazole rings is 1. The third-order valence-corrected chi connectivity index (χ3v) is 3.76. The molecule has 7 nitrogen and oxygen atoms in total. The van der Waals surface area contributed by atoms with Crippen LogP contribution < -0.4 is 0 Å². The van der Waals surface area contributed by atoms with E-state index in [0.717, 1.165) is 11.1 Å². The molecule has 1 aromatic carbocycles. The molecule has 8 heteroatoms. The molecule has 0 bridgehead atoms. The van der Waals surface area contributed by atoms with E-state index in [2.05, 4.69) is 25.7 Å². The van der Waals surface area contributed by atoms with Crippen molar-refractivity contribution in [2.24, 2.45) is 7.05 Å². The molecule has 0 aliphatic heterocycles. The Balaban J connectivity index is 1.74. The van der Waals surface area contributed by atoms with Crippen LogP contribution in [0.5, 0.6) is 0 Å². The Bertz CT molecular complexity index is 722. The highest BCUT2D eigenvalue weighted by molar-refractivity contribution is 7.98. The Morgan fingerprint density at radius 2 is 2.15 bits per heavy atom. The molecule has 20 heavy (non-hydrogen) atoms. The summed E-state index contributed by atoms with van der Waals surface area (Å²) < 4.78 is 6.85. The molecule has 3 aromatic rings. The van der Waals surface area contributed by atoms with Gasteiger partial charge in [-0.15, -0.1) is 5.10 Å². The predicted molar refractivity (Wildman–Crippen MR) is 72.8 cm³/mol. The van der Waals surface area contributed by atoms with Gasteiger partial charge in [-0.3, -0.25) is 0 Å². The van der Waals surface area contributed by atoms with Crippen LogP contribution in [0.25, 0.3) is 11.4 Å². The van der Waals surface area contributed by atoms with Gasteiger partial charge in [0.2, 0.25) is 16.9 Å². The second-order valence-electron chi connectivity index (χ2n) is 4.20. The third kappa shape index (κ3) is 2.55. The highest BCUT2D eigenvalue weighted by Gasteiger charge is 2.12. The number of rotatable bonds is 4. The minimum absolute atomic E-state index is 0.535. The van der Waals surface area contributed by atoms with Crippen LogP contribution in [0.4, 0.5) is 0 Å². The lowest BCUT2D eigenvalue weighted by Crippen LogP contribution is -1.93. The molecule has 102 valence electrons. The summed E-state index contributed by atoms with van der Waals surface area (Å²) in [6.07, 6.45) is 0. The fourth-order valence-corrected chi connectivity index (χ4v) is 2.40. The fraction of sp³-hybridized carbons (Fsp3) is 0.250. The number of thioether (sulfide) groups is 1. The van der Waals surface area contributed by atoms with Gasteiger partial charge in [0, 0.05) is 12.6 Å². The van der Waals surface area contributed by atoms with E-state index in [-0.39, 0.29) is 0 Å². The minimum atomic E-state index is 0.535. The van der Waals surface area contributed by atoms with Gasteiger partial charge >= 0.3 is 0 Å².